The Labute approximate surface area is 164 Å². The number of amides is 1. The smallest absolute Gasteiger partial charge is 0.255 e. The second kappa shape index (κ2) is 7.98. The molecule has 2 aliphatic rings. The summed E-state index contributed by atoms with van der Waals surface area (Å²) in [5, 5.41) is 0. The van der Waals surface area contributed by atoms with Crippen LogP contribution < -0.4 is 0 Å². The topological polar surface area (TPSA) is 57.7 Å². The van der Waals surface area contributed by atoms with E-state index in [0.717, 1.165) is 38.5 Å². The molecule has 1 aromatic rings. The fourth-order valence-corrected chi connectivity index (χ4v) is 6.01. The molecule has 1 aliphatic carbocycles. The molecule has 0 bridgehead atoms. The highest BCUT2D eigenvalue weighted by Gasteiger charge is 2.32. The summed E-state index contributed by atoms with van der Waals surface area (Å²) in [6.45, 7) is 5.16. The molecule has 1 aliphatic heterocycles. The van der Waals surface area contributed by atoms with Crippen LogP contribution in [0, 0.1) is 0 Å². The van der Waals surface area contributed by atoms with Crippen molar-refractivity contribution in [1.29, 1.82) is 0 Å². The summed E-state index contributed by atoms with van der Waals surface area (Å²) in [5.74, 6) is -0.0859. The van der Waals surface area contributed by atoms with Crippen LogP contribution in [-0.4, -0.2) is 48.7 Å². The molecule has 144 valence electrons. The predicted molar refractivity (Wildman–Crippen MR) is 106 cm³/mol. The van der Waals surface area contributed by atoms with Gasteiger partial charge in [0.1, 0.15) is 0 Å². The van der Waals surface area contributed by atoms with E-state index in [9.17, 15) is 13.2 Å². The van der Waals surface area contributed by atoms with Crippen molar-refractivity contribution in [3.63, 3.8) is 0 Å². The van der Waals surface area contributed by atoms with E-state index in [0.29, 0.717) is 23.1 Å². The minimum Gasteiger partial charge on any atom is -0.333 e. The Bertz CT molecular complexity index is 767. The first-order valence-corrected chi connectivity index (χ1v) is 11.7. The molecule has 1 saturated heterocycles. The lowest BCUT2D eigenvalue weighted by Crippen LogP contribution is -2.43. The van der Waals surface area contributed by atoms with Crippen molar-refractivity contribution < 1.29 is 13.2 Å². The summed E-state index contributed by atoms with van der Waals surface area (Å²) in [4.78, 5) is 15.4. The molecule has 2 fully saturated rings. The van der Waals surface area contributed by atoms with Gasteiger partial charge in [-0.05, 0) is 73.7 Å². The normalized spacial score (nSPS) is 19.4. The number of halogens is 1. The van der Waals surface area contributed by atoms with E-state index in [1.165, 1.54) is 4.31 Å². The van der Waals surface area contributed by atoms with Crippen LogP contribution in [0.1, 0.15) is 62.7 Å². The Kier molecular flexibility index (Phi) is 6.09. The van der Waals surface area contributed by atoms with E-state index in [-0.39, 0.29) is 22.9 Å². The maximum Gasteiger partial charge on any atom is 0.255 e. The third-order valence-electron chi connectivity index (χ3n) is 5.38. The van der Waals surface area contributed by atoms with Crippen LogP contribution in [0.5, 0.6) is 0 Å². The van der Waals surface area contributed by atoms with Crippen LogP contribution in [-0.2, 0) is 10.0 Å². The Hall–Kier alpha value is -0.920. The summed E-state index contributed by atoms with van der Waals surface area (Å²) in [5.41, 5.74) is 0.436. The molecule has 3 rings (SSSR count). The van der Waals surface area contributed by atoms with E-state index >= 15 is 0 Å². The monoisotopic (exact) mass is 442 g/mol. The van der Waals surface area contributed by atoms with Gasteiger partial charge in [0.25, 0.3) is 5.91 Å². The molecule has 1 aromatic carbocycles. The predicted octanol–water partition coefficient (Wildman–Crippen LogP) is 4.03. The van der Waals surface area contributed by atoms with Crippen molar-refractivity contribution in [2.45, 2.75) is 69.4 Å². The maximum absolute atomic E-state index is 13.3. The Morgan fingerprint density at radius 1 is 1.15 bits per heavy atom. The van der Waals surface area contributed by atoms with E-state index < -0.39 is 10.0 Å². The van der Waals surface area contributed by atoms with Gasteiger partial charge in [0.05, 0.1) is 10.5 Å². The maximum atomic E-state index is 13.3. The van der Waals surface area contributed by atoms with Crippen LogP contribution in [0.4, 0.5) is 0 Å². The SMILES string of the molecule is CC(C)N(C(=O)c1cc(S(=O)(=O)N2CCCC2)ccc1Br)C1CCCC1. The molecule has 0 aromatic heterocycles. The lowest BCUT2D eigenvalue weighted by molar-refractivity contribution is 0.0612. The van der Waals surface area contributed by atoms with Gasteiger partial charge in [-0.15, -0.1) is 0 Å². The van der Waals surface area contributed by atoms with Crippen molar-refractivity contribution in [2.24, 2.45) is 0 Å². The Balaban J connectivity index is 1.95. The number of benzene rings is 1. The summed E-state index contributed by atoms with van der Waals surface area (Å²) in [6, 6.07) is 5.14. The number of carbonyl (C=O) groups excluding carboxylic acids is 1. The molecule has 0 atom stereocenters. The van der Waals surface area contributed by atoms with Gasteiger partial charge in [-0.25, -0.2) is 8.42 Å². The zero-order chi connectivity index (χ0) is 18.9. The molecular formula is C19H27BrN2O3S. The highest BCUT2D eigenvalue weighted by molar-refractivity contribution is 9.10. The molecule has 0 radical (unpaired) electrons. The van der Waals surface area contributed by atoms with Crippen molar-refractivity contribution in [3.05, 3.63) is 28.2 Å². The van der Waals surface area contributed by atoms with E-state index in [1.807, 2.05) is 18.7 Å². The Morgan fingerprint density at radius 3 is 2.35 bits per heavy atom. The first kappa shape index (κ1) is 19.8. The summed E-state index contributed by atoms with van der Waals surface area (Å²) < 4.78 is 27.9. The number of carbonyl (C=O) groups is 1. The molecule has 5 nitrogen and oxygen atoms in total. The number of rotatable bonds is 5. The molecular weight excluding hydrogens is 416 g/mol. The van der Waals surface area contributed by atoms with Crippen molar-refractivity contribution in [2.75, 3.05) is 13.1 Å². The van der Waals surface area contributed by atoms with Crippen LogP contribution in [0.2, 0.25) is 0 Å². The van der Waals surface area contributed by atoms with Crippen LogP contribution in [0.3, 0.4) is 0 Å². The quantitative estimate of drug-likeness (QED) is 0.691. The third kappa shape index (κ3) is 3.85. The fraction of sp³-hybridized carbons (Fsp3) is 0.632. The van der Waals surface area contributed by atoms with Gasteiger partial charge in [0.2, 0.25) is 10.0 Å². The van der Waals surface area contributed by atoms with E-state index in [2.05, 4.69) is 15.9 Å². The average Bonchev–Trinajstić information content (AvgIpc) is 3.29. The largest absolute Gasteiger partial charge is 0.333 e. The van der Waals surface area contributed by atoms with Gasteiger partial charge >= 0.3 is 0 Å². The minimum atomic E-state index is -3.53. The van der Waals surface area contributed by atoms with E-state index in [4.69, 9.17) is 0 Å². The summed E-state index contributed by atoms with van der Waals surface area (Å²) in [6.07, 6.45) is 6.12. The second-order valence-corrected chi connectivity index (χ2v) is 10.3. The molecule has 0 spiro atoms. The van der Waals surface area contributed by atoms with E-state index in [1.54, 1.807) is 18.2 Å². The first-order chi connectivity index (χ1) is 12.3. The zero-order valence-electron chi connectivity index (χ0n) is 15.4. The highest BCUT2D eigenvalue weighted by atomic mass is 79.9. The summed E-state index contributed by atoms with van der Waals surface area (Å²) in [7, 11) is -3.53. The van der Waals surface area contributed by atoms with Gasteiger partial charge in [-0.1, -0.05) is 12.8 Å². The molecule has 1 amide bonds. The van der Waals surface area contributed by atoms with Gasteiger partial charge in [0, 0.05) is 29.6 Å². The van der Waals surface area contributed by atoms with Gasteiger partial charge < -0.3 is 4.90 Å². The van der Waals surface area contributed by atoms with Crippen molar-refractivity contribution in [3.8, 4) is 0 Å². The lowest BCUT2D eigenvalue weighted by atomic mass is 10.1. The minimum absolute atomic E-state index is 0.0799. The van der Waals surface area contributed by atoms with Gasteiger partial charge in [-0.3, -0.25) is 4.79 Å². The van der Waals surface area contributed by atoms with Crippen LogP contribution >= 0.6 is 15.9 Å². The van der Waals surface area contributed by atoms with Crippen LogP contribution in [0.25, 0.3) is 0 Å². The second-order valence-electron chi connectivity index (χ2n) is 7.50. The lowest BCUT2D eigenvalue weighted by Gasteiger charge is -2.33. The number of hydrogen-bond donors (Lipinski definition) is 0. The molecule has 0 unspecified atom stereocenters. The summed E-state index contributed by atoms with van der Waals surface area (Å²) >= 11 is 3.45. The van der Waals surface area contributed by atoms with Gasteiger partial charge in [-0.2, -0.15) is 4.31 Å². The number of sulfonamides is 1. The molecule has 7 heteroatoms. The Morgan fingerprint density at radius 2 is 1.77 bits per heavy atom. The average molecular weight is 443 g/mol. The first-order valence-electron chi connectivity index (χ1n) is 9.44. The zero-order valence-corrected chi connectivity index (χ0v) is 17.9. The fourth-order valence-electron chi connectivity index (χ4n) is 4.05. The molecule has 26 heavy (non-hydrogen) atoms. The third-order valence-corrected chi connectivity index (χ3v) is 7.97. The molecule has 0 N–H and O–H groups in total. The number of nitrogens with zero attached hydrogens (tertiary/aromatic N) is 2. The highest BCUT2D eigenvalue weighted by Crippen LogP contribution is 2.30. The van der Waals surface area contributed by atoms with Crippen molar-refractivity contribution >= 4 is 31.9 Å². The standard InChI is InChI=1S/C19H27BrN2O3S/c1-14(2)22(15-7-3-4-8-15)19(23)17-13-16(9-10-18(17)20)26(24,25)21-11-5-6-12-21/h9-10,13-15H,3-8,11-12H2,1-2H3. The van der Waals surface area contributed by atoms with Crippen LogP contribution in [0.15, 0.2) is 27.6 Å². The number of hydrogen-bond acceptors (Lipinski definition) is 3. The van der Waals surface area contributed by atoms with Gasteiger partial charge in [0.15, 0.2) is 0 Å². The molecule has 1 saturated carbocycles. The van der Waals surface area contributed by atoms with Crippen molar-refractivity contribution in [1.82, 2.24) is 9.21 Å². The molecule has 1 heterocycles.